The molecule has 0 spiro atoms. The zero-order chi connectivity index (χ0) is 20.5. The molecule has 0 radical (unpaired) electrons. The van der Waals surface area contributed by atoms with E-state index in [0.29, 0.717) is 36.0 Å². The molecule has 1 aromatic heterocycles. The molecule has 1 saturated carbocycles. The second-order valence-electron chi connectivity index (χ2n) is 8.32. The van der Waals surface area contributed by atoms with Crippen LogP contribution < -0.4 is 5.32 Å². The van der Waals surface area contributed by atoms with Crippen molar-refractivity contribution < 1.29 is 9.59 Å². The molecule has 1 aliphatic carbocycles. The molecule has 2 aromatic rings. The molecule has 1 aliphatic rings. The minimum Gasteiger partial charge on any atom is -0.339 e. The van der Waals surface area contributed by atoms with Crippen LogP contribution in [0, 0.1) is 0 Å². The quantitative estimate of drug-likeness (QED) is 0.812. The third kappa shape index (κ3) is 4.26. The highest BCUT2D eigenvalue weighted by Crippen LogP contribution is 2.40. The lowest BCUT2D eigenvalue weighted by molar-refractivity contribution is 0.0772. The Morgan fingerprint density at radius 3 is 2.43 bits per heavy atom. The summed E-state index contributed by atoms with van der Waals surface area (Å²) < 4.78 is 1.81. The summed E-state index contributed by atoms with van der Waals surface area (Å²) in [4.78, 5) is 27.3. The molecule has 28 heavy (non-hydrogen) atoms. The number of rotatable bonds is 6. The fourth-order valence-electron chi connectivity index (χ4n) is 3.27. The third-order valence-electron chi connectivity index (χ3n) is 5.01. The van der Waals surface area contributed by atoms with Crippen molar-refractivity contribution in [2.45, 2.75) is 58.9 Å². The predicted molar refractivity (Wildman–Crippen MR) is 111 cm³/mol. The Bertz CT molecular complexity index is 871. The number of nitrogens with one attached hydrogen (secondary N) is 1. The Morgan fingerprint density at radius 1 is 1.18 bits per heavy atom. The summed E-state index contributed by atoms with van der Waals surface area (Å²) in [5.74, 6) is 0.240. The fraction of sp³-hybridized carbons (Fsp3) is 0.500. The van der Waals surface area contributed by atoms with Gasteiger partial charge in [-0.25, -0.2) is 0 Å². The van der Waals surface area contributed by atoms with Gasteiger partial charge in [-0.2, -0.15) is 5.10 Å². The molecule has 1 heterocycles. The average Bonchev–Trinajstić information content (AvgIpc) is 3.39. The lowest BCUT2D eigenvalue weighted by Crippen LogP contribution is -2.30. The summed E-state index contributed by atoms with van der Waals surface area (Å²) in [5, 5.41) is 7.64. The molecule has 2 amide bonds. The summed E-state index contributed by atoms with van der Waals surface area (Å²) in [6, 6.07) is 9.02. The Labute approximate surface area is 166 Å². The Kier molecular flexibility index (Phi) is 5.59. The van der Waals surface area contributed by atoms with Gasteiger partial charge < -0.3 is 10.2 Å². The maximum atomic E-state index is 13.0. The van der Waals surface area contributed by atoms with Gasteiger partial charge in [0.1, 0.15) is 5.69 Å². The van der Waals surface area contributed by atoms with Gasteiger partial charge >= 0.3 is 0 Å². The van der Waals surface area contributed by atoms with Gasteiger partial charge in [0, 0.05) is 30.3 Å². The van der Waals surface area contributed by atoms with Crippen LogP contribution in [-0.2, 0) is 5.54 Å². The van der Waals surface area contributed by atoms with Crippen LogP contribution in [0.1, 0.15) is 79.9 Å². The van der Waals surface area contributed by atoms with Gasteiger partial charge in [-0.05, 0) is 71.7 Å². The molecular formula is C22H30N4O2. The second-order valence-corrected chi connectivity index (χ2v) is 8.32. The molecule has 1 aromatic carbocycles. The van der Waals surface area contributed by atoms with E-state index in [2.05, 4.69) is 5.32 Å². The monoisotopic (exact) mass is 382 g/mol. The lowest BCUT2D eigenvalue weighted by atomic mass is 10.1. The first-order valence-electron chi connectivity index (χ1n) is 10.1. The lowest BCUT2D eigenvalue weighted by Gasteiger charge is -2.22. The van der Waals surface area contributed by atoms with Crippen LogP contribution in [0.5, 0.6) is 0 Å². The largest absolute Gasteiger partial charge is 0.339 e. The van der Waals surface area contributed by atoms with E-state index in [0.717, 1.165) is 18.5 Å². The standard InChI is InChI=1S/C22H30N4O2/c1-6-25(7-2)21(28)16-9-8-10-17(13-16)23-20(27)19-14-18(15-11-12-15)24-26(19)22(3,4)5/h8-10,13-15H,6-7,11-12H2,1-5H3,(H,23,27). The van der Waals surface area contributed by atoms with Crippen molar-refractivity contribution in [3.05, 3.63) is 47.3 Å². The highest BCUT2D eigenvalue weighted by molar-refractivity contribution is 6.04. The maximum Gasteiger partial charge on any atom is 0.273 e. The third-order valence-corrected chi connectivity index (χ3v) is 5.01. The number of hydrogen-bond donors (Lipinski definition) is 1. The smallest absolute Gasteiger partial charge is 0.273 e. The zero-order valence-electron chi connectivity index (χ0n) is 17.5. The average molecular weight is 383 g/mol. The van der Waals surface area contributed by atoms with Crippen molar-refractivity contribution in [2.24, 2.45) is 0 Å². The molecule has 6 heteroatoms. The number of aromatic nitrogens is 2. The van der Waals surface area contributed by atoms with E-state index in [4.69, 9.17) is 5.10 Å². The first kappa shape index (κ1) is 20.1. The van der Waals surface area contributed by atoms with Crippen molar-refractivity contribution in [1.29, 1.82) is 0 Å². The molecular weight excluding hydrogens is 352 g/mol. The van der Waals surface area contributed by atoms with Crippen molar-refractivity contribution >= 4 is 17.5 Å². The van der Waals surface area contributed by atoms with Crippen LogP contribution in [0.25, 0.3) is 0 Å². The van der Waals surface area contributed by atoms with E-state index >= 15 is 0 Å². The summed E-state index contributed by atoms with van der Waals surface area (Å²) in [7, 11) is 0. The molecule has 1 N–H and O–H groups in total. The first-order valence-corrected chi connectivity index (χ1v) is 10.1. The minimum absolute atomic E-state index is 0.0307. The molecule has 1 fully saturated rings. The molecule has 150 valence electrons. The van der Waals surface area contributed by atoms with E-state index in [1.165, 1.54) is 0 Å². The number of hydrogen-bond acceptors (Lipinski definition) is 3. The fourth-order valence-corrected chi connectivity index (χ4v) is 3.27. The van der Waals surface area contributed by atoms with Crippen molar-refractivity contribution in [3.8, 4) is 0 Å². The van der Waals surface area contributed by atoms with Gasteiger partial charge in [0.25, 0.3) is 11.8 Å². The summed E-state index contributed by atoms with van der Waals surface area (Å²) in [6.07, 6.45) is 2.27. The van der Waals surface area contributed by atoms with E-state index in [1.807, 2.05) is 40.7 Å². The second kappa shape index (κ2) is 7.78. The van der Waals surface area contributed by atoms with Gasteiger partial charge in [0.15, 0.2) is 0 Å². The Balaban J connectivity index is 1.84. The SMILES string of the molecule is CCN(CC)C(=O)c1cccc(NC(=O)c2cc(C3CC3)nn2C(C)(C)C)c1. The summed E-state index contributed by atoms with van der Waals surface area (Å²) in [6.45, 7) is 11.3. The number of anilines is 1. The Hall–Kier alpha value is -2.63. The molecule has 0 saturated heterocycles. The van der Waals surface area contributed by atoms with Crippen molar-refractivity contribution in [3.63, 3.8) is 0 Å². The molecule has 0 atom stereocenters. The maximum absolute atomic E-state index is 13.0. The van der Waals surface area contributed by atoms with Crippen LogP contribution in [0.4, 0.5) is 5.69 Å². The van der Waals surface area contributed by atoms with Gasteiger partial charge in [-0.15, -0.1) is 0 Å². The van der Waals surface area contributed by atoms with Crippen LogP contribution >= 0.6 is 0 Å². The van der Waals surface area contributed by atoms with Gasteiger partial charge in [0.2, 0.25) is 0 Å². The molecule has 6 nitrogen and oxygen atoms in total. The number of nitrogens with zero attached hydrogens (tertiary/aromatic N) is 3. The predicted octanol–water partition coefficient (Wildman–Crippen LogP) is 4.25. The number of amides is 2. The van der Waals surface area contributed by atoms with E-state index < -0.39 is 0 Å². The van der Waals surface area contributed by atoms with E-state index in [-0.39, 0.29) is 17.4 Å². The number of carbonyl (C=O) groups is 2. The van der Waals surface area contributed by atoms with Crippen LogP contribution in [0.3, 0.4) is 0 Å². The van der Waals surface area contributed by atoms with Crippen LogP contribution in [0.15, 0.2) is 30.3 Å². The molecule has 0 aliphatic heterocycles. The Morgan fingerprint density at radius 2 is 1.86 bits per heavy atom. The highest BCUT2D eigenvalue weighted by Gasteiger charge is 2.31. The normalized spacial score (nSPS) is 14.0. The molecule has 0 unspecified atom stereocenters. The van der Waals surface area contributed by atoms with Crippen LogP contribution in [-0.4, -0.2) is 39.6 Å². The number of carbonyl (C=O) groups excluding carboxylic acids is 2. The van der Waals surface area contributed by atoms with Gasteiger partial charge in [-0.1, -0.05) is 6.07 Å². The summed E-state index contributed by atoms with van der Waals surface area (Å²) in [5.41, 5.74) is 2.43. The zero-order valence-corrected chi connectivity index (χ0v) is 17.5. The van der Waals surface area contributed by atoms with Crippen LogP contribution in [0.2, 0.25) is 0 Å². The topological polar surface area (TPSA) is 67.2 Å². The van der Waals surface area contributed by atoms with Gasteiger partial charge in [0.05, 0.1) is 11.2 Å². The van der Waals surface area contributed by atoms with Gasteiger partial charge in [-0.3, -0.25) is 14.3 Å². The van der Waals surface area contributed by atoms with E-state index in [1.54, 1.807) is 33.8 Å². The number of benzene rings is 1. The molecule has 0 bridgehead atoms. The molecule has 3 rings (SSSR count). The minimum atomic E-state index is -0.291. The van der Waals surface area contributed by atoms with Crippen molar-refractivity contribution in [2.75, 3.05) is 18.4 Å². The van der Waals surface area contributed by atoms with Crippen molar-refractivity contribution in [1.82, 2.24) is 14.7 Å². The summed E-state index contributed by atoms with van der Waals surface area (Å²) >= 11 is 0. The highest BCUT2D eigenvalue weighted by atomic mass is 16.2. The van der Waals surface area contributed by atoms with E-state index in [9.17, 15) is 9.59 Å². The first-order chi connectivity index (χ1) is 13.2.